The van der Waals surface area contributed by atoms with Crippen LogP contribution >= 0.6 is 11.6 Å². The van der Waals surface area contributed by atoms with Crippen molar-refractivity contribution in [3.05, 3.63) is 108 Å². The van der Waals surface area contributed by atoms with Crippen LogP contribution in [0.2, 0.25) is 0 Å². The molecule has 0 unspecified atom stereocenters. The van der Waals surface area contributed by atoms with E-state index in [1.54, 1.807) is 4.90 Å². The fourth-order valence-corrected chi connectivity index (χ4v) is 3.53. The topological polar surface area (TPSA) is 40.5 Å². The molecule has 3 rings (SSSR count). The number of alkyl halides is 1. The quantitative estimate of drug-likeness (QED) is 0.569. The van der Waals surface area contributed by atoms with Gasteiger partial charge in [0.25, 0.3) is 0 Å². The van der Waals surface area contributed by atoms with Gasteiger partial charge in [-0.2, -0.15) is 0 Å². The van der Waals surface area contributed by atoms with Gasteiger partial charge in [-0.25, -0.2) is 0 Å². The number of amides is 1. The molecule has 4 heteroatoms. The van der Waals surface area contributed by atoms with E-state index in [0.29, 0.717) is 19.5 Å². The number of halogens is 1. The van der Waals surface area contributed by atoms with Crippen molar-refractivity contribution in [1.82, 2.24) is 4.90 Å². The molecule has 0 fully saturated rings. The number of hydrogen-bond donors (Lipinski definition) is 1. The van der Waals surface area contributed by atoms with Gasteiger partial charge in [-0.05, 0) is 16.7 Å². The molecule has 144 valence electrons. The number of hydrogen-bond acceptors (Lipinski definition) is 2. The minimum atomic E-state index is -1.19. The van der Waals surface area contributed by atoms with Gasteiger partial charge < -0.3 is 10.0 Å². The van der Waals surface area contributed by atoms with E-state index in [-0.39, 0.29) is 11.8 Å². The van der Waals surface area contributed by atoms with E-state index in [4.69, 9.17) is 11.6 Å². The molecule has 0 bridgehead atoms. The van der Waals surface area contributed by atoms with Crippen LogP contribution in [-0.4, -0.2) is 28.3 Å². The second kappa shape index (κ2) is 9.54. The predicted octanol–water partition coefficient (Wildman–Crippen LogP) is 4.58. The van der Waals surface area contributed by atoms with Crippen LogP contribution in [0.25, 0.3) is 0 Å². The summed E-state index contributed by atoms with van der Waals surface area (Å²) in [5.41, 5.74) is 1.45. The van der Waals surface area contributed by atoms with Crippen molar-refractivity contribution in [1.29, 1.82) is 0 Å². The van der Waals surface area contributed by atoms with Crippen LogP contribution in [0.4, 0.5) is 0 Å². The zero-order chi connectivity index (χ0) is 19.8. The number of benzene rings is 3. The molecule has 0 aliphatic rings. The van der Waals surface area contributed by atoms with E-state index in [1.807, 2.05) is 91.0 Å². The summed E-state index contributed by atoms with van der Waals surface area (Å²) in [4.78, 5) is 14.1. The summed E-state index contributed by atoms with van der Waals surface area (Å²) in [6.45, 7) is 0.854. The number of carbonyl (C=O) groups excluding carboxylic acids is 1. The fourth-order valence-electron chi connectivity index (χ4n) is 3.36. The van der Waals surface area contributed by atoms with Crippen molar-refractivity contribution in [2.75, 3.05) is 12.4 Å². The molecule has 0 saturated carbocycles. The van der Waals surface area contributed by atoms with Gasteiger partial charge in [0.15, 0.2) is 0 Å². The first-order valence-corrected chi connectivity index (χ1v) is 9.88. The van der Waals surface area contributed by atoms with Gasteiger partial charge in [-0.1, -0.05) is 91.0 Å². The lowest BCUT2D eigenvalue weighted by atomic mass is 9.83. The summed E-state index contributed by atoms with van der Waals surface area (Å²) < 4.78 is 0. The molecule has 0 aliphatic heterocycles. The lowest BCUT2D eigenvalue weighted by molar-refractivity contribution is -0.129. The van der Waals surface area contributed by atoms with Crippen molar-refractivity contribution >= 4 is 17.5 Å². The molecule has 28 heavy (non-hydrogen) atoms. The lowest BCUT2D eigenvalue weighted by Gasteiger charge is -2.32. The first-order valence-electron chi connectivity index (χ1n) is 9.34. The monoisotopic (exact) mass is 393 g/mol. The Morgan fingerprint density at radius 3 is 1.75 bits per heavy atom. The smallest absolute Gasteiger partial charge is 0.237 e. The van der Waals surface area contributed by atoms with Crippen molar-refractivity contribution < 1.29 is 9.90 Å². The molecule has 0 saturated heterocycles. The molecule has 0 atom stereocenters. The predicted molar refractivity (Wildman–Crippen MR) is 113 cm³/mol. The van der Waals surface area contributed by atoms with Crippen LogP contribution in [0.5, 0.6) is 0 Å². The molecule has 3 aromatic carbocycles. The molecule has 0 spiro atoms. The minimum absolute atomic E-state index is 0.0814. The Bertz CT molecular complexity index is 829. The summed E-state index contributed by atoms with van der Waals surface area (Å²) >= 11 is 5.84. The molecular formula is C24H24ClNO2. The SMILES string of the molecule is O=C(CCl)N(CCC(O)(c1ccccc1)c1ccccc1)Cc1ccccc1. The Kier molecular flexibility index (Phi) is 6.85. The van der Waals surface area contributed by atoms with E-state index in [1.165, 1.54) is 0 Å². The van der Waals surface area contributed by atoms with Gasteiger partial charge in [-0.3, -0.25) is 4.79 Å². The zero-order valence-corrected chi connectivity index (χ0v) is 16.4. The molecule has 1 amide bonds. The number of aliphatic hydroxyl groups is 1. The number of carbonyl (C=O) groups is 1. The summed E-state index contributed by atoms with van der Waals surface area (Å²) in [6.07, 6.45) is 0.372. The van der Waals surface area contributed by atoms with E-state index >= 15 is 0 Å². The second-order valence-corrected chi connectivity index (χ2v) is 7.04. The molecular weight excluding hydrogens is 370 g/mol. The highest BCUT2D eigenvalue weighted by atomic mass is 35.5. The average molecular weight is 394 g/mol. The lowest BCUT2D eigenvalue weighted by Crippen LogP contribution is -2.37. The molecule has 0 aliphatic carbocycles. The van der Waals surface area contributed by atoms with Crippen LogP contribution in [0.3, 0.4) is 0 Å². The molecule has 0 radical (unpaired) electrons. The minimum Gasteiger partial charge on any atom is -0.380 e. The first-order chi connectivity index (χ1) is 13.6. The third kappa shape index (κ3) is 4.80. The van der Waals surface area contributed by atoms with Gasteiger partial charge in [0.2, 0.25) is 5.91 Å². The Balaban J connectivity index is 1.86. The van der Waals surface area contributed by atoms with E-state index in [2.05, 4.69) is 0 Å². The van der Waals surface area contributed by atoms with Crippen molar-refractivity contribution in [3.63, 3.8) is 0 Å². The van der Waals surface area contributed by atoms with Crippen molar-refractivity contribution in [3.8, 4) is 0 Å². The normalized spacial score (nSPS) is 11.2. The fraction of sp³-hybridized carbons (Fsp3) is 0.208. The Morgan fingerprint density at radius 1 is 0.821 bits per heavy atom. The van der Waals surface area contributed by atoms with Crippen molar-refractivity contribution in [2.24, 2.45) is 0 Å². The molecule has 0 aromatic heterocycles. The maximum Gasteiger partial charge on any atom is 0.237 e. The third-order valence-electron chi connectivity index (χ3n) is 4.93. The second-order valence-electron chi connectivity index (χ2n) is 6.78. The van der Waals surface area contributed by atoms with Gasteiger partial charge >= 0.3 is 0 Å². The Labute approximate surface area is 171 Å². The van der Waals surface area contributed by atoms with Crippen LogP contribution in [-0.2, 0) is 16.9 Å². The summed E-state index contributed by atoms with van der Waals surface area (Å²) in [7, 11) is 0. The van der Waals surface area contributed by atoms with Crippen LogP contribution in [0.15, 0.2) is 91.0 Å². The largest absolute Gasteiger partial charge is 0.380 e. The van der Waals surface area contributed by atoms with E-state index in [0.717, 1.165) is 16.7 Å². The maximum atomic E-state index is 12.4. The molecule has 1 N–H and O–H groups in total. The highest BCUT2D eigenvalue weighted by molar-refractivity contribution is 6.27. The summed E-state index contributed by atoms with van der Waals surface area (Å²) in [6, 6.07) is 29.0. The van der Waals surface area contributed by atoms with Gasteiger partial charge in [0.05, 0.1) is 0 Å². The van der Waals surface area contributed by atoms with Crippen LogP contribution in [0, 0.1) is 0 Å². The molecule has 3 aromatic rings. The average Bonchev–Trinajstić information content (AvgIpc) is 2.77. The van der Waals surface area contributed by atoms with E-state index in [9.17, 15) is 9.90 Å². The third-order valence-corrected chi connectivity index (χ3v) is 5.16. The van der Waals surface area contributed by atoms with E-state index < -0.39 is 5.60 Å². The molecule has 3 nitrogen and oxygen atoms in total. The van der Waals surface area contributed by atoms with Crippen LogP contribution in [0.1, 0.15) is 23.1 Å². The Hall–Kier alpha value is -2.62. The standard InChI is InChI=1S/C24H24ClNO2/c25-18-23(27)26(19-20-10-4-1-5-11-20)17-16-24(28,21-12-6-2-7-13-21)22-14-8-3-9-15-22/h1-15,28H,16-19H2. The highest BCUT2D eigenvalue weighted by Gasteiger charge is 2.32. The number of rotatable bonds is 8. The first kappa shape index (κ1) is 20.1. The summed E-state index contributed by atoms with van der Waals surface area (Å²) in [5, 5.41) is 11.7. The Morgan fingerprint density at radius 2 is 1.29 bits per heavy atom. The number of nitrogens with zero attached hydrogens (tertiary/aromatic N) is 1. The van der Waals surface area contributed by atoms with Gasteiger partial charge in [-0.15, -0.1) is 11.6 Å². The van der Waals surface area contributed by atoms with Gasteiger partial charge in [0, 0.05) is 19.5 Å². The molecule has 0 heterocycles. The summed E-state index contributed by atoms with van der Waals surface area (Å²) in [5.74, 6) is -0.226. The van der Waals surface area contributed by atoms with Crippen molar-refractivity contribution in [2.45, 2.75) is 18.6 Å². The zero-order valence-electron chi connectivity index (χ0n) is 15.7. The maximum absolute atomic E-state index is 12.4. The highest BCUT2D eigenvalue weighted by Crippen LogP contribution is 2.33. The van der Waals surface area contributed by atoms with Gasteiger partial charge in [0.1, 0.15) is 11.5 Å². The van der Waals surface area contributed by atoms with Crippen LogP contribution < -0.4 is 0 Å².